The molecule has 8 aromatic rings. The highest BCUT2D eigenvalue weighted by atomic mass is 15.2. The lowest BCUT2D eigenvalue weighted by molar-refractivity contribution is 0.332. The average Bonchev–Trinajstić information content (AvgIpc) is 3.76. The SMILES string of the molecule is Cc1cc2c(cc1N1c3cc4c(cc3B3c5cc(N(c6ccccc6)c6ccccc6)ccc5N(c5ccc(C(C)(C)C)cc5-c5ccccc5)c5cc(C(C)(C)C)cc1c53)C(C)(C)CC4(C)C)C(C)(C)CCC2(C)C. The molecule has 12 rings (SSSR count). The van der Waals surface area contributed by atoms with Crippen molar-refractivity contribution in [3.05, 3.63) is 203 Å². The summed E-state index contributed by atoms with van der Waals surface area (Å²) in [7, 11) is 0. The van der Waals surface area contributed by atoms with Crippen molar-refractivity contribution in [1.29, 1.82) is 0 Å². The molecule has 4 heteroatoms. The van der Waals surface area contributed by atoms with Crippen LogP contribution in [0.3, 0.4) is 0 Å². The van der Waals surface area contributed by atoms with Crippen LogP contribution < -0.4 is 31.1 Å². The second-order valence-corrected chi connectivity index (χ2v) is 27.7. The molecule has 2 aliphatic carbocycles. The second kappa shape index (κ2) is 17.1. The Labute approximate surface area is 456 Å². The van der Waals surface area contributed by atoms with Gasteiger partial charge in [-0.3, -0.25) is 0 Å². The third kappa shape index (κ3) is 7.98. The van der Waals surface area contributed by atoms with E-state index in [2.05, 4.69) is 282 Å². The molecule has 0 bridgehead atoms. The Balaban J connectivity index is 1.24. The molecule has 4 aliphatic rings. The predicted molar refractivity (Wildman–Crippen MR) is 329 cm³/mol. The Morgan fingerprint density at radius 1 is 0.408 bits per heavy atom. The third-order valence-corrected chi connectivity index (χ3v) is 18.3. The number of hydrogen-bond acceptors (Lipinski definition) is 3. The quantitative estimate of drug-likeness (QED) is 0.154. The van der Waals surface area contributed by atoms with Crippen LogP contribution in [0.15, 0.2) is 164 Å². The largest absolute Gasteiger partial charge is 0.311 e. The Hall–Kier alpha value is -6.78. The Kier molecular flexibility index (Phi) is 11.3. The molecule has 0 amide bonds. The molecule has 2 aliphatic heterocycles. The zero-order valence-electron chi connectivity index (χ0n) is 48.1. The highest BCUT2D eigenvalue weighted by Gasteiger charge is 2.49. The predicted octanol–water partition coefficient (Wildman–Crippen LogP) is 18.1. The van der Waals surface area contributed by atoms with Crippen molar-refractivity contribution in [3.63, 3.8) is 0 Å². The molecule has 0 saturated heterocycles. The first-order chi connectivity index (χ1) is 35.8. The number of benzene rings is 8. The van der Waals surface area contributed by atoms with E-state index < -0.39 is 0 Å². The molecule has 76 heavy (non-hydrogen) atoms. The number of fused-ring (bicyclic) bond motifs is 6. The lowest BCUT2D eigenvalue weighted by Gasteiger charge is -2.47. The maximum atomic E-state index is 2.75. The van der Waals surface area contributed by atoms with Crippen LogP contribution in [0.2, 0.25) is 0 Å². The van der Waals surface area contributed by atoms with E-state index in [1.807, 2.05) is 0 Å². The monoisotopic (exact) mass is 996 g/mol. The average molecular weight is 996 g/mol. The molecular formula is C72H78BN3. The van der Waals surface area contributed by atoms with E-state index in [9.17, 15) is 0 Å². The fourth-order valence-electron chi connectivity index (χ4n) is 14.1. The van der Waals surface area contributed by atoms with E-state index in [4.69, 9.17) is 0 Å². The second-order valence-electron chi connectivity index (χ2n) is 27.7. The van der Waals surface area contributed by atoms with Gasteiger partial charge in [0.05, 0.1) is 5.69 Å². The Morgan fingerprint density at radius 2 is 0.882 bits per heavy atom. The molecular weight excluding hydrogens is 918 g/mol. The summed E-state index contributed by atoms with van der Waals surface area (Å²) in [5.74, 6) is 0. The maximum Gasteiger partial charge on any atom is 0.252 e. The number of aryl methyl sites for hydroxylation is 1. The molecule has 0 unspecified atom stereocenters. The van der Waals surface area contributed by atoms with Crippen molar-refractivity contribution in [2.24, 2.45) is 0 Å². The van der Waals surface area contributed by atoms with Gasteiger partial charge in [-0.1, -0.05) is 182 Å². The first-order valence-corrected chi connectivity index (χ1v) is 28.2. The van der Waals surface area contributed by atoms with Crippen LogP contribution in [-0.4, -0.2) is 6.71 Å². The van der Waals surface area contributed by atoms with Crippen molar-refractivity contribution in [2.45, 2.75) is 156 Å². The van der Waals surface area contributed by atoms with E-state index >= 15 is 0 Å². The summed E-state index contributed by atoms with van der Waals surface area (Å²) in [6, 6.07) is 63.4. The summed E-state index contributed by atoms with van der Waals surface area (Å²) < 4.78 is 0. The smallest absolute Gasteiger partial charge is 0.252 e. The molecule has 0 atom stereocenters. The van der Waals surface area contributed by atoms with Crippen LogP contribution in [0, 0.1) is 6.92 Å². The van der Waals surface area contributed by atoms with E-state index in [-0.39, 0.29) is 39.2 Å². The molecule has 0 spiro atoms. The minimum absolute atomic E-state index is 0.00249. The van der Waals surface area contributed by atoms with Crippen molar-refractivity contribution in [2.75, 3.05) is 14.7 Å². The summed E-state index contributed by atoms with van der Waals surface area (Å²) in [6.45, 7) is 36.3. The lowest BCUT2D eigenvalue weighted by Crippen LogP contribution is -2.62. The van der Waals surface area contributed by atoms with Gasteiger partial charge in [-0.05, 0) is 198 Å². The van der Waals surface area contributed by atoms with Crippen LogP contribution in [-0.2, 0) is 32.5 Å². The van der Waals surface area contributed by atoms with E-state index in [1.165, 1.54) is 107 Å². The number of rotatable bonds is 6. The molecule has 0 N–H and O–H groups in total. The molecule has 2 heterocycles. The molecule has 8 aromatic carbocycles. The molecule has 3 nitrogen and oxygen atoms in total. The standard InChI is InChI=1S/C72H78BN3/c1-46-37-54-56(70(10,11)36-35-69(54,8)9)43-62(46)76-63-44-57-55(71(12,13)45-72(57,14)15)42-59(63)73-58-41-52(74(50-27-21-17-22-28-50)51-29-23-18-24-30-51)32-34-61(58)75(64-39-49(68(5,6)7)40-65(76)66(64)73)60-33-31-48(67(2,3)4)38-53(60)47-25-19-16-20-26-47/h16-34,37-44H,35-36,45H2,1-15H3. The molecule has 384 valence electrons. The van der Waals surface area contributed by atoms with Gasteiger partial charge in [-0.2, -0.15) is 0 Å². The summed E-state index contributed by atoms with van der Waals surface area (Å²) in [4.78, 5) is 7.87. The first-order valence-electron chi connectivity index (χ1n) is 28.2. The van der Waals surface area contributed by atoms with Gasteiger partial charge in [0.25, 0.3) is 6.71 Å². The number of para-hydroxylation sites is 2. The first kappa shape index (κ1) is 50.1. The van der Waals surface area contributed by atoms with Gasteiger partial charge in [-0.25, -0.2) is 0 Å². The molecule has 0 aromatic heterocycles. The summed E-state index contributed by atoms with van der Waals surface area (Å²) in [6.07, 6.45) is 3.44. The zero-order chi connectivity index (χ0) is 53.6. The lowest BCUT2D eigenvalue weighted by atomic mass is 9.33. The number of anilines is 9. The van der Waals surface area contributed by atoms with Crippen molar-refractivity contribution in [3.8, 4) is 11.1 Å². The van der Waals surface area contributed by atoms with Gasteiger partial charge in [0, 0.05) is 51.1 Å². The fraction of sp³-hybridized carbons (Fsp3) is 0.333. The fourth-order valence-corrected chi connectivity index (χ4v) is 14.1. The van der Waals surface area contributed by atoms with Crippen LogP contribution in [0.25, 0.3) is 11.1 Å². The van der Waals surface area contributed by atoms with E-state index in [0.717, 1.165) is 29.9 Å². The third-order valence-electron chi connectivity index (χ3n) is 18.3. The normalized spacial score (nSPS) is 17.3. The summed E-state index contributed by atoms with van der Waals surface area (Å²) in [5.41, 5.74) is 27.3. The van der Waals surface area contributed by atoms with Gasteiger partial charge >= 0.3 is 0 Å². The summed E-state index contributed by atoms with van der Waals surface area (Å²) >= 11 is 0. The van der Waals surface area contributed by atoms with Gasteiger partial charge in [0.2, 0.25) is 0 Å². The van der Waals surface area contributed by atoms with E-state index in [0.29, 0.717) is 0 Å². The van der Waals surface area contributed by atoms with Crippen molar-refractivity contribution >= 4 is 74.3 Å². The van der Waals surface area contributed by atoms with Gasteiger partial charge in [-0.15, -0.1) is 0 Å². The maximum absolute atomic E-state index is 2.75. The van der Waals surface area contributed by atoms with E-state index in [1.54, 1.807) is 0 Å². The molecule has 0 saturated carbocycles. The van der Waals surface area contributed by atoms with Crippen molar-refractivity contribution in [1.82, 2.24) is 0 Å². The minimum Gasteiger partial charge on any atom is -0.311 e. The van der Waals surface area contributed by atoms with Crippen LogP contribution in [0.5, 0.6) is 0 Å². The molecule has 0 fully saturated rings. The number of hydrogen-bond donors (Lipinski definition) is 0. The minimum atomic E-state index is -0.159. The van der Waals surface area contributed by atoms with Gasteiger partial charge in [0.1, 0.15) is 0 Å². The number of nitrogens with zero attached hydrogens (tertiary/aromatic N) is 3. The van der Waals surface area contributed by atoms with Crippen LogP contribution in [0.4, 0.5) is 51.2 Å². The van der Waals surface area contributed by atoms with Crippen LogP contribution in [0.1, 0.15) is 155 Å². The van der Waals surface area contributed by atoms with Crippen LogP contribution >= 0.6 is 0 Å². The van der Waals surface area contributed by atoms with Gasteiger partial charge < -0.3 is 14.7 Å². The Bertz CT molecular complexity index is 3570. The van der Waals surface area contributed by atoms with Crippen molar-refractivity contribution < 1.29 is 0 Å². The van der Waals surface area contributed by atoms with Gasteiger partial charge in [0.15, 0.2) is 0 Å². The highest BCUT2D eigenvalue weighted by molar-refractivity contribution is 7.00. The Morgan fingerprint density at radius 3 is 1.45 bits per heavy atom. The highest BCUT2D eigenvalue weighted by Crippen LogP contribution is 2.56. The topological polar surface area (TPSA) is 9.72 Å². The molecule has 0 radical (unpaired) electrons. The summed E-state index contributed by atoms with van der Waals surface area (Å²) in [5, 5.41) is 0. The zero-order valence-corrected chi connectivity index (χ0v) is 48.1.